The molecule has 0 spiro atoms. The van der Waals surface area contributed by atoms with Crippen LogP contribution in [0.2, 0.25) is 10.0 Å². The number of hydrogen-bond acceptors (Lipinski definition) is 4. The molecule has 5 nitrogen and oxygen atoms in total. The van der Waals surface area contributed by atoms with Crippen LogP contribution >= 0.6 is 23.2 Å². The molecule has 0 aromatic heterocycles. The third-order valence-electron chi connectivity index (χ3n) is 3.40. The smallest absolute Gasteiger partial charge is 0.239 e. The van der Waals surface area contributed by atoms with E-state index in [9.17, 15) is 9.90 Å². The standard InChI is InChI=1S/C14H18Cl2N2O3/c1-9(14(20)18-2-4-21-5-3-18)17-8-10-6-11(15)7-12(16)13(10)19/h6-7,9,17,19H,2-5,8H2,1H3. The molecule has 0 saturated carbocycles. The highest BCUT2D eigenvalue weighted by Gasteiger charge is 2.22. The van der Waals surface area contributed by atoms with Crippen LogP contribution in [0.5, 0.6) is 5.75 Å². The Morgan fingerprint density at radius 2 is 2.10 bits per heavy atom. The minimum absolute atomic E-state index is 0.0143. The number of phenols is 1. The summed E-state index contributed by atoms with van der Waals surface area (Å²) in [6, 6.07) is 2.74. The Hall–Kier alpha value is -1.01. The highest BCUT2D eigenvalue weighted by molar-refractivity contribution is 6.35. The molecule has 1 aliphatic heterocycles. The average molecular weight is 333 g/mol. The zero-order valence-electron chi connectivity index (χ0n) is 11.7. The first-order chi connectivity index (χ1) is 9.99. The number of ether oxygens (including phenoxy) is 1. The Morgan fingerprint density at radius 3 is 2.76 bits per heavy atom. The summed E-state index contributed by atoms with van der Waals surface area (Å²) in [6.07, 6.45) is 0. The Kier molecular flexibility index (Phi) is 5.70. The maximum atomic E-state index is 12.2. The number of nitrogens with zero attached hydrogens (tertiary/aromatic N) is 1. The molecule has 2 N–H and O–H groups in total. The molecule has 7 heteroatoms. The van der Waals surface area contributed by atoms with Crippen LogP contribution < -0.4 is 5.32 Å². The minimum Gasteiger partial charge on any atom is -0.506 e. The lowest BCUT2D eigenvalue weighted by Gasteiger charge is -2.29. The molecule has 0 bridgehead atoms. The third-order valence-corrected chi connectivity index (χ3v) is 3.91. The van der Waals surface area contributed by atoms with Gasteiger partial charge in [-0.25, -0.2) is 0 Å². The van der Waals surface area contributed by atoms with Crippen molar-refractivity contribution in [3.63, 3.8) is 0 Å². The van der Waals surface area contributed by atoms with Crippen LogP contribution in [0.4, 0.5) is 0 Å². The largest absolute Gasteiger partial charge is 0.506 e. The van der Waals surface area contributed by atoms with Crippen LogP contribution in [0.15, 0.2) is 12.1 Å². The zero-order valence-corrected chi connectivity index (χ0v) is 13.2. The van der Waals surface area contributed by atoms with Crippen molar-refractivity contribution in [1.82, 2.24) is 10.2 Å². The Balaban J connectivity index is 1.94. The quantitative estimate of drug-likeness (QED) is 0.885. The van der Waals surface area contributed by atoms with Gasteiger partial charge < -0.3 is 20.1 Å². The van der Waals surface area contributed by atoms with E-state index in [-0.39, 0.29) is 22.7 Å². The number of phenolic OH excluding ortho intramolecular Hbond substituents is 1. The van der Waals surface area contributed by atoms with Crippen LogP contribution in [0, 0.1) is 0 Å². The summed E-state index contributed by atoms with van der Waals surface area (Å²) in [7, 11) is 0. The van der Waals surface area contributed by atoms with E-state index in [1.54, 1.807) is 17.9 Å². The fourth-order valence-corrected chi connectivity index (χ4v) is 2.70. The van der Waals surface area contributed by atoms with Crippen molar-refractivity contribution in [3.05, 3.63) is 27.7 Å². The van der Waals surface area contributed by atoms with Crippen molar-refractivity contribution < 1.29 is 14.6 Å². The van der Waals surface area contributed by atoms with Gasteiger partial charge in [-0.3, -0.25) is 4.79 Å². The highest BCUT2D eigenvalue weighted by Crippen LogP contribution is 2.31. The number of morpholine rings is 1. The number of rotatable bonds is 4. The van der Waals surface area contributed by atoms with Gasteiger partial charge in [0.05, 0.1) is 24.3 Å². The van der Waals surface area contributed by atoms with Gasteiger partial charge in [0.1, 0.15) is 5.75 Å². The van der Waals surface area contributed by atoms with Crippen LogP contribution in [0.25, 0.3) is 0 Å². The van der Waals surface area contributed by atoms with Crippen molar-refractivity contribution in [2.45, 2.75) is 19.5 Å². The fraction of sp³-hybridized carbons (Fsp3) is 0.500. The van der Waals surface area contributed by atoms with Crippen molar-refractivity contribution >= 4 is 29.1 Å². The molecule has 1 atom stereocenters. The monoisotopic (exact) mass is 332 g/mol. The normalized spacial score (nSPS) is 16.8. The van der Waals surface area contributed by atoms with E-state index in [1.165, 1.54) is 6.07 Å². The summed E-state index contributed by atoms with van der Waals surface area (Å²) in [4.78, 5) is 14.0. The first kappa shape index (κ1) is 16.4. The molecule has 0 aliphatic carbocycles. The predicted molar refractivity (Wildman–Crippen MR) is 81.8 cm³/mol. The fourth-order valence-electron chi connectivity index (χ4n) is 2.16. The van der Waals surface area contributed by atoms with Gasteiger partial charge in [-0.05, 0) is 19.1 Å². The van der Waals surface area contributed by atoms with E-state index < -0.39 is 0 Å². The Morgan fingerprint density at radius 1 is 1.43 bits per heavy atom. The molecule has 1 heterocycles. The molecular formula is C14H18Cl2N2O3. The van der Waals surface area contributed by atoms with E-state index >= 15 is 0 Å². The number of amides is 1. The maximum Gasteiger partial charge on any atom is 0.239 e. The molecule has 2 rings (SSSR count). The summed E-state index contributed by atoms with van der Waals surface area (Å²) in [5.74, 6) is 0.00510. The predicted octanol–water partition coefficient (Wildman–Crippen LogP) is 2.04. The zero-order chi connectivity index (χ0) is 15.4. The number of halogens is 2. The summed E-state index contributed by atoms with van der Waals surface area (Å²) in [6.45, 7) is 4.47. The van der Waals surface area contributed by atoms with Gasteiger partial charge in [0, 0.05) is 30.2 Å². The number of hydrogen-bond donors (Lipinski definition) is 2. The van der Waals surface area contributed by atoms with Crippen molar-refractivity contribution in [2.75, 3.05) is 26.3 Å². The van der Waals surface area contributed by atoms with Crippen LogP contribution in [0.3, 0.4) is 0 Å². The van der Waals surface area contributed by atoms with Gasteiger partial charge in [0.15, 0.2) is 0 Å². The number of benzene rings is 1. The SMILES string of the molecule is CC(NCc1cc(Cl)cc(Cl)c1O)C(=O)N1CCOCC1. The third kappa shape index (κ3) is 4.23. The average Bonchev–Trinajstić information content (AvgIpc) is 2.49. The molecule has 1 aromatic carbocycles. The van der Waals surface area contributed by atoms with Gasteiger partial charge in [-0.15, -0.1) is 0 Å². The molecule has 0 radical (unpaired) electrons. The topological polar surface area (TPSA) is 61.8 Å². The summed E-state index contributed by atoms with van der Waals surface area (Å²) >= 11 is 11.8. The van der Waals surface area contributed by atoms with Gasteiger partial charge >= 0.3 is 0 Å². The van der Waals surface area contributed by atoms with Crippen LogP contribution in [-0.2, 0) is 16.1 Å². The van der Waals surface area contributed by atoms with E-state index in [1.807, 2.05) is 0 Å². The molecule has 21 heavy (non-hydrogen) atoms. The maximum absolute atomic E-state index is 12.2. The van der Waals surface area contributed by atoms with E-state index in [0.717, 1.165) is 0 Å². The molecular weight excluding hydrogens is 315 g/mol. The lowest BCUT2D eigenvalue weighted by Crippen LogP contribution is -2.49. The number of nitrogens with one attached hydrogen (secondary N) is 1. The van der Waals surface area contributed by atoms with Crippen LogP contribution in [0.1, 0.15) is 12.5 Å². The number of carbonyl (C=O) groups excluding carboxylic acids is 1. The minimum atomic E-state index is -0.361. The van der Waals surface area contributed by atoms with E-state index in [2.05, 4.69) is 5.32 Å². The number of aromatic hydroxyl groups is 1. The second-order valence-corrected chi connectivity index (χ2v) is 5.78. The molecule has 1 fully saturated rings. The van der Waals surface area contributed by atoms with E-state index in [4.69, 9.17) is 27.9 Å². The Bertz CT molecular complexity index is 519. The highest BCUT2D eigenvalue weighted by atomic mass is 35.5. The second-order valence-electron chi connectivity index (χ2n) is 4.94. The number of carbonyl (C=O) groups is 1. The summed E-state index contributed by atoms with van der Waals surface area (Å²) < 4.78 is 5.22. The first-order valence-corrected chi connectivity index (χ1v) is 7.51. The van der Waals surface area contributed by atoms with Crippen molar-refractivity contribution in [2.24, 2.45) is 0 Å². The summed E-state index contributed by atoms with van der Waals surface area (Å²) in [5.41, 5.74) is 0.564. The Labute approximate surface area is 133 Å². The molecule has 116 valence electrons. The molecule has 1 amide bonds. The van der Waals surface area contributed by atoms with Crippen molar-refractivity contribution in [3.8, 4) is 5.75 Å². The second kappa shape index (κ2) is 7.31. The van der Waals surface area contributed by atoms with Gasteiger partial charge in [-0.1, -0.05) is 23.2 Å². The van der Waals surface area contributed by atoms with Gasteiger partial charge in [-0.2, -0.15) is 0 Å². The molecule has 1 unspecified atom stereocenters. The van der Waals surface area contributed by atoms with Crippen molar-refractivity contribution in [1.29, 1.82) is 0 Å². The molecule has 1 saturated heterocycles. The lowest BCUT2D eigenvalue weighted by atomic mass is 10.2. The first-order valence-electron chi connectivity index (χ1n) is 6.76. The van der Waals surface area contributed by atoms with Gasteiger partial charge in [0.25, 0.3) is 0 Å². The van der Waals surface area contributed by atoms with Crippen LogP contribution in [-0.4, -0.2) is 48.3 Å². The lowest BCUT2D eigenvalue weighted by molar-refractivity contribution is -0.137. The van der Waals surface area contributed by atoms with Gasteiger partial charge in [0.2, 0.25) is 5.91 Å². The molecule has 1 aromatic rings. The summed E-state index contributed by atoms with van der Waals surface area (Å²) in [5, 5.41) is 13.6. The van der Waals surface area contributed by atoms with E-state index in [0.29, 0.717) is 43.4 Å². The molecule has 1 aliphatic rings.